The second-order valence-electron chi connectivity index (χ2n) is 4.51. The second kappa shape index (κ2) is 6.21. The molecule has 1 fully saturated rings. The number of amides is 1. The molecule has 7 heteroatoms. The molecule has 1 aromatic rings. The van der Waals surface area contributed by atoms with Crippen LogP contribution in [-0.4, -0.2) is 44.0 Å². The minimum Gasteiger partial charge on any atom is -0.459 e. The quantitative estimate of drug-likeness (QED) is 0.813. The largest absolute Gasteiger partial charge is 0.459 e. The molecule has 2 heterocycles. The number of carbonyl (C=O) groups excluding carboxylic acids is 1. The lowest BCUT2D eigenvalue weighted by Crippen LogP contribution is -2.39. The Morgan fingerprint density at radius 2 is 2.26 bits per heavy atom. The van der Waals surface area contributed by atoms with Gasteiger partial charge in [-0.15, -0.1) is 0 Å². The molecule has 1 N–H and O–H groups in total. The molecular weight excluding hydrogens is 268 g/mol. The van der Waals surface area contributed by atoms with Gasteiger partial charge in [0.2, 0.25) is 10.0 Å². The molecule has 0 saturated carbocycles. The predicted molar refractivity (Wildman–Crippen MR) is 70.3 cm³/mol. The third-order valence-corrected chi connectivity index (χ3v) is 5.02. The molecule has 0 radical (unpaired) electrons. The normalized spacial score (nSPS) is 19.2. The fraction of sp³-hybridized carbons (Fsp3) is 0.583. The number of hydrogen-bond donors (Lipinski definition) is 1. The van der Waals surface area contributed by atoms with Crippen LogP contribution in [0, 0.1) is 0 Å². The minimum atomic E-state index is -3.07. The highest BCUT2D eigenvalue weighted by Crippen LogP contribution is 2.13. The third-order valence-electron chi connectivity index (χ3n) is 3.07. The Hall–Kier alpha value is -1.34. The Kier molecular flexibility index (Phi) is 4.60. The molecule has 0 bridgehead atoms. The first-order valence-corrected chi connectivity index (χ1v) is 8.00. The van der Waals surface area contributed by atoms with Gasteiger partial charge < -0.3 is 9.73 Å². The topological polar surface area (TPSA) is 79.6 Å². The van der Waals surface area contributed by atoms with Gasteiger partial charge in [0.1, 0.15) is 0 Å². The Bertz CT molecular complexity index is 510. The summed E-state index contributed by atoms with van der Waals surface area (Å²) in [5.41, 5.74) is 0. The van der Waals surface area contributed by atoms with Gasteiger partial charge >= 0.3 is 0 Å². The zero-order chi connectivity index (χ0) is 13.7. The summed E-state index contributed by atoms with van der Waals surface area (Å²) < 4.78 is 29.9. The molecule has 0 aliphatic carbocycles. The van der Waals surface area contributed by atoms with Crippen molar-refractivity contribution < 1.29 is 17.6 Å². The summed E-state index contributed by atoms with van der Waals surface area (Å²) in [7, 11) is -3.07. The first kappa shape index (κ1) is 14.1. The molecule has 1 aliphatic heterocycles. The first-order valence-electron chi connectivity index (χ1n) is 6.39. The fourth-order valence-corrected chi connectivity index (χ4v) is 3.69. The van der Waals surface area contributed by atoms with E-state index in [9.17, 15) is 13.2 Å². The fourth-order valence-electron chi connectivity index (χ4n) is 2.04. The van der Waals surface area contributed by atoms with Crippen LogP contribution in [0.3, 0.4) is 0 Å². The summed E-state index contributed by atoms with van der Waals surface area (Å²) in [6.45, 7) is 1.49. The van der Waals surface area contributed by atoms with Crippen LogP contribution in [0.4, 0.5) is 0 Å². The summed E-state index contributed by atoms with van der Waals surface area (Å²) in [5, 5.41) is 2.70. The van der Waals surface area contributed by atoms with E-state index >= 15 is 0 Å². The van der Waals surface area contributed by atoms with E-state index in [1.807, 2.05) is 0 Å². The number of carbonyl (C=O) groups is 1. The van der Waals surface area contributed by atoms with Crippen molar-refractivity contribution in [2.75, 3.05) is 25.4 Å². The molecule has 0 aromatic carbocycles. The number of rotatable bonds is 5. The van der Waals surface area contributed by atoms with Crippen molar-refractivity contribution >= 4 is 15.9 Å². The Balaban J connectivity index is 1.71. The van der Waals surface area contributed by atoms with Crippen LogP contribution >= 0.6 is 0 Å². The molecule has 19 heavy (non-hydrogen) atoms. The lowest BCUT2D eigenvalue weighted by molar-refractivity contribution is 0.0925. The zero-order valence-electron chi connectivity index (χ0n) is 10.7. The van der Waals surface area contributed by atoms with Crippen LogP contribution in [-0.2, 0) is 10.0 Å². The molecule has 0 spiro atoms. The number of hydrogen-bond acceptors (Lipinski definition) is 4. The summed E-state index contributed by atoms with van der Waals surface area (Å²) in [6.07, 6.45) is 3.70. The van der Waals surface area contributed by atoms with Crippen molar-refractivity contribution in [2.45, 2.75) is 19.3 Å². The highest BCUT2D eigenvalue weighted by molar-refractivity contribution is 7.89. The number of nitrogens with one attached hydrogen (secondary N) is 1. The van der Waals surface area contributed by atoms with Gasteiger partial charge in [-0.3, -0.25) is 4.79 Å². The molecule has 1 aliphatic rings. The molecule has 1 amide bonds. The first-order chi connectivity index (χ1) is 9.09. The van der Waals surface area contributed by atoms with Gasteiger partial charge in [-0.2, -0.15) is 0 Å². The van der Waals surface area contributed by atoms with E-state index in [0.29, 0.717) is 26.1 Å². The van der Waals surface area contributed by atoms with Crippen molar-refractivity contribution in [3.63, 3.8) is 0 Å². The van der Waals surface area contributed by atoms with Crippen LogP contribution in [0.2, 0.25) is 0 Å². The van der Waals surface area contributed by atoms with Gasteiger partial charge in [-0.1, -0.05) is 0 Å². The standard InChI is InChI=1S/C12H18N2O4S/c15-12(11-5-3-9-18-11)13-6-4-8-14-7-1-2-10-19(14,16)17/h3,5,9H,1-2,4,6-8,10H2,(H,13,15). The molecule has 1 saturated heterocycles. The predicted octanol–water partition coefficient (Wildman–Crippen LogP) is 0.825. The van der Waals surface area contributed by atoms with Crippen LogP contribution in [0.25, 0.3) is 0 Å². The van der Waals surface area contributed by atoms with Crippen molar-refractivity contribution in [3.8, 4) is 0 Å². The minimum absolute atomic E-state index is 0.242. The summed E-state index contributed by atoms with van der Waals surface area (Å²) >= 11 is 0. The molecule has 1 aromatic heterocycles. The van der Waals surface area contributed by atoms with E-state index in [0.717, 1.165) is 12.8 Å². The van der Waals surface area contributed by atoms with E-state index < -0.39 is 10.0 Å². The van der Waals surface area contributed by atoms with Gasteiger partial charge in [-0.25, -0.2) is 12.7 Å². The Morgan fingerprint density at radius 1 is 1.42 bits per heavy atom. The summed E-state index contributed by atoms with van der Waals surface area (Å²) in [4.78, 5) is 11.5. The van der Waals surface area contributed by atoms with Gasteiger partial charge in [0.05, 0.1) is 12.0 Å². The van der Waals surface area contributed by atoms with Crippen molar-refractivity contribution in [2.24, 2.45) is 0 Å². The Morgan fingerprint density at radius 3 is 2.95 bits per heavy atom. The molecule has 106 valence electrons. The van der Waals surface area contributed by atoms with Crippen molar-refractivity contribution in [3.05, 3.63) is 24.2 Å². The average Bonchev–Trinajstić information content (AvgIpc) is 2.89. The van der Waals surface area contributed by atoms with E-state index in [2.05, 4.69) is 5.32 Å². The van der Waals surface area contributed by atoms with Crippen LogP contribution in [0.15, 0.2) is 22.8 Å². The van der Waals surface area contributed by atoms with Gasteiger partial charge in [0, 0.05) is 19.6 Å². The molecule has 6 nitrogen and oxygen atoms in total. The van der Waals surface area contributed by atoms with Crippen molar-refractivity contribution in [1.82, 2.24) is 9.62 Å². The highest BCUT2D eigenvalue weighted by atomic mass is 32.2. The third kappa shape index (κ3) is 3.81. The Labute approximate surface area is 112 Å². The van der Waals surface area contributed by atoms with Crippen LogP contribution in [0.1, 0.15) is 29.8 Å². The van der Waals surface area contributed by atoms with Gasteiger partial charge in [0.15, 0.2) is 5.76 Å². The molecule has 2 rings (SSSR count). The smallest absolute Gasteiger partial charge is 0.286 e. The van der Waals surface area contributed by atoms with E-state index in [-0.39, 0.29) is 17.4 Å². The lowest BCUT2D eigenvalue weighted by atomic mass is 10.3. The number of sulfonamides is 1. The average molecular weight is 286 g/mol. The number of nitrogens with zero attached hydrogens (tertiary/aromatic N) is 1. The van der Waals surface area contributed by atoms with Gasteiger partial charge in [-0.05, 0) is 31.4 Å². The molecule has 0 unspecified atom stereocenters. The van der Waals surface area contributed by atoms with E-state index in [1.54, 1.807) is 12.1 Å². The van der Waals surface area contributed by atoms with Crippen LogP contribution < -0.4 is 5.32 Å². The maximum Gasteiger partial charge on any atom is 0.286 e. The molecule has 0 atom stereocenters. The zero-order valence-corrected chi connectivity index (χ0v) is 11.5. The maximum absolute atomic E-state index is 11.7. The lowest BCUT2D eigenvalue weighted by Gasteiger charge is -2.26. The number of furan rings is 1. The van der Waals surface area contributed by atoms with E-state index in [4.69, 9.17) is 4.42 Å². The van der Waals surface area contributed by atoms with Crippen molar-refractivity contribution in [1.29, 1.82) is 0 Å². The summed E-state index contributed by atoms with van der Waals surface area (Å²) in [6, 6.07) is 3.24. The SMILES string of the molecule is O=C(NCCCN1CCCCS1(=O)=O)c1ccco1. The van der Waals surface area contributed by atoms with E-state index in [1.165, 1.54) is 10.6 Å². The highest BCUT2D eigenvalue weighted by Gasteiger charge is 2.24. The maximum atomic E-state index is 11.7. The van der Waals surface area contributed by atoms with Gasteiger partial charge in [0.25, 0.3) is 5.91 Å². The monoisotopic (exact) mass is 286 g/mol. The van der Waals surface area contributed by atoms with Crippen LogP contribution in [0.5, 0.6) is 0 Å². The second-order valence-corrected chi connectivity index (χ2v) is 6.60. The summed E-state index contributed by atoms with van der Waals surface area (Å²) in [5.74, 6) is 0.239. The molecular formula is C12H18N2O4S.